The smallest absolute Gasteiger partial charge is 0.279 e. The third kappa shape index (κ3) is 3.25. The summed E-state index contributed by atoms with van der Waals surface area (Å²) in [6.07, 6.45) is 5.19. The molecule has 2 aromatic carbocycles. The molecule has 7 heteroatoms. The van der Waals surface area contributed by atoms with Crippen LogP contribution in [0.3, 0.4) is 0 Å². The lowest BCUT2D eigenvalue weighted by molar-refractivity contribution is 0.180. The van der Waals surface area contributed by atoms with Gasteiger partial charge in [0.25, 0.3) is 5.56 Å². The number of hydrogen-bond acceptors (Lipinski definition) is 5. The van der Waals surface area contributed by atoms with Gasteiger partial charge in [-0.05, 0) is 24.4 Å². The number of fused-ring (bicyclic) bond motifs is 1. The molecule has 1 N–H and O–H groups in total. The highest BCUT2D eigenvalue weighted by Gasteiger charge is 2.23. The Balaban J connectivity index is 2.37. The quantitative estimate of drug-likeness (QED) is 0.334. The Morgan fingerprint density at radius 1 is 1.33 bits per heavy atom. The van der Waals surface area contributed by atoms with E-state index in [1.54, 1.807) is 31.2 Å². The maximum absolute atomic E-state index is 14.2. The average molecular weight is 365 g/mol. The molecule has 0 radical (unpaired) electrons. The highest BCUT2D eigenvalue weighted by Crippen LogP contribution is 2.27. The second-order valence-electron chi connectivity index (χ2n) is 5.80. The molecule has 0 aliphatic heterocycles. The third-order valence-electron chi connectivity index (χ3n) is 4.05. The molecule has 6 nitrogen and oxygen atoms in total. The van der Waals surface area contributed by atoms with Crippen LogP contribution in [-0.2, 0) is 11.9 Å². The summed E-state index contributed by atoms with van der Waals surface area (Å²) in [4.78, 5) is 17.8. The number of aromatic nitrogens is 2. The topological polar surface area (TPSA) is 76.7 Å². The number of benzene rings is 2. The summed E-state index contributed by atoms with van der Waals surface area (Å²) in [7, 11) is 1.46. The lowest BCUT2D eigenvalue weighted by Crippen LogP contribution is -2.28. The van der Waals surface area contributed by atoms with Crippen LogP contribution < -0.4 is 5.56 Å². The number of aryl methyl sites for hydroxylation is 2. The van der Waals surface area contributed by atoms with E-state index >= 15 is 0 Å². The van der Waals surface area contributed by atoms with E-state index in [2.05, 4.69) is 16.2 Å². The van der Waals surface area contributed by atoms with Crippen molar-refractivity contribution >= 4 is 16.5 Å². The van der Waals surface area contributed by atoms with Crippen LogP contribution in [0.25, 0.3) is 10.8 Å². The predicted molar refractivity (Wildman–Crippen MR) is 100 cm³/mol. The Kier molecular flexibility index (Phi) is 4.90. The molecule has 0 spiro atoms. The van der Waals surface area contributed by atoms with Crippen LogP contribution in [0.15, 0.2) is 46.3 Å². The van der Waals surface area contributed by atoms with Gasteiger partial charge in [-0.25, -0.2) is 9.07 Å². The van der Waals surface area contributed by atoms with Crippen molar-refractivity contribution in [1.82, 2.24) is 9.78 Å². The molecule has 3 aromatic rings. The van der Waals surface area contributed by atoms with Crippen molar-refractivity contribution in [3.05, 3.63) is 69.4 Å². The van der Waals surface area contributed by atoms with E-state index in [4.69, 9.17) is 11.3 Å². The Bertz CT molecular complexity index is 1160. The molecular weight excluding hydrogens is 349 g/mol. The molecule has 0 aliphatic rings. The average Bonchev–Trinajstić information content (AvgIpc) is 2.66. The first-order chi connectivity index (χ1) is 13.0. The van der Waals surface area contributed by atoms with E-state index in [1.807, 2.05) is 0 Å². The van der Waals surface area contributed by atoms with Gasteiger partial charge in [-0.15, -0.1) is 6.42 Å². The number of halogens is 1. The number of terminal acetylenes is 1. The summed E-state index contributed by atoms with van der Waals surface area (Å²) >= 11 is 0. The van der Waals surface area contributed by atoms with Crippen LogP contribution in [-0.4, -0.2) is 27.2 Å². The van der Waals surface area contributed by atoms with Crippen molar-refractivity contribution in [2.24, 2.45) is 12.2 Å². The molecule has 27 heavy (non-hydrogen) atoms. The van der Waals surface area contributed by atoms with Gasteiger partial charge in [0.1, 0.15) is 22.8 Å². The lowest BCUT2D eigenvalue weighted by Gasteiger charge is -2.13. The van der Waals surface area contributed by atoms with Gasteiger partial charge in [0.05, 0.1) is 0 Å². The van der Waals surface area contributed by atoms with Crippen LogP contribution in [0.1, 0.15) is 16.8 Å². The molecule has 0 atom stereocenters. The zero-order valence-corrected chi connectivity index (χ0v) is 14.7. The van der Waals surface area contributed by atoms with Gasteiger partial charge in [0.2, 0.25) is 0 Å². The minimum absolute atomic E-state index is 0.0463. The Hall–Kier alpha value is -3.66. The second kappa shape index (κ2) is 7.30. The molecule has 0 saturated carbocycles. The van der Waals surface area contributed by atoms with Crippen molar-refractivity contribution in [1.29, 1.82) is 0 Å². The van der Waals surface area contributed by atoms with Crippen LogP contribution >= 0.6 is 0 Å². The van der Waals surface area contributed by atoms with Crippen molar-refractivity contribution in [2.45, 2.75) is 6.92 Å². The highest BCUT2D eigenvalue weighted by molar-refractivity contribution is 6.20. The standard InChI is InChI=1S/C20H16FN3O3/c1-4-11-27-23-18(17-19(25)12(2)22-24(3)20(17)26)15-9-10-16(21)14-8-6-5-7-13(14)15/h1,5-10,25H,11H2,2-3H3/b23-18-. The van der Waals surface area contributed by atoms with Crippen LogP contribution in [0.4, 0.5) is 4.39 Å². The normalized spacial score (nSPS) is 11.4. The second-order valence-corrected chi connectivity index (χ2v) is 5.80. The van der Waals surface area contributed by atoms with Crippen molar-refractivity contribution in [2.75, 3.05) is 6.61 Å². The predicted octanol–water partition coefficient (Wildman–Crippen LogP) is 2.49. The summed E-state index contributed by atoms with van der Waals surface area (Å²) < 4.78 is 15.3. The van der Waals surface area contributed by atoms with Crippen molar-refractivity contribution in [3.63, 3.8) is 0 Å². The Labute approximate surface area is 154 Å². The van der Waals surface area contributed by atoms with Crippen LogP contribution in [0.2, 0.25) is 0 Å². The SMILES string of the molecule is C#CCO/N=C(\c1c(O)c(C)nn(C)c1=O)c1ccc(F)c2ccccc12. The molecule has 1 heterocycles. The number of aromatic hydroxyl groups is 1. The molecule has 0 fully saturated rings. The first-order valence-electron chi connectivity index (χ1n) is 8.04. The maximum Gasteiger partial charge on any atom is 0.279 e. The maximum atomic E-state index is 14.2. The van der Waals surface area contributed by atoms with Gasteiger partial charge in [0.15, 0.2) is 12.4 Å². The highest BCUT2D eigenvalue weighted by atomic mass is 19.1. The minimum atomic E-state index is -0.574. The lowest BCUT2D eigenvalue weighted by atomic mass is 9.96. The molecule has 0 amide bonds. The summed E-state index contributed by atoms with van der Waals surface area (Å²) in [5, 5.41) is 19.3. The number of nitrogens with zero attached hydrogens (tertiary/aromatic N) is 3. The zero-order valence-electron chi connectivity index (χ0n) is 14.7. The molecular formula is C20H16FN3O3. The van der Waals surface area contributed by atoms with E-state index < -0.39 is 11.4 Å². The van der Waals surface area contributed by atoms with E-state index in [0.29, 0.717) is 16.3 Å². The summed E-state index contributed by atoms with van der Waals surface area (Å²) in [5.74, 6) is 1.54. The third-order valence-corrected chi connectivity index (χ3v) is 4.05. The van der Waals surface area contributed by atoms with Crippen molar-refractivity contribution in [3.8, 4) is 18.1 Å². The fourth-order valence-corrected chi connectivity index (χ4v) is 2.81. The van der Waals surface area contributed by atoms with E-state index in [-0.39, 0.29) is 29.3 Å². The Morgan fingerprint density at radius 3 is 2.74 bits per heavy atom. The first-order valence-corrected chi connectivity index (χ1v) is 8.04. The minimum Gasteiger partial charge on any atom is -0.505 e. The number of hydrogen-bond donors (Lipinski definition) is 1. The Morgan fingerprint density at radius 2 is 2.04 bits per heavy atom. The largest absolute Gasteiger partial charge is 0.505 e. The molecule has 0 saturated heterocycles. The van der Waals surface area contributed by atoms with Crippen molar-refractivity contribution < 1.29 is 14.3 Å². The van der Waals surface area contributed by atoms with E-state index in [9.17, 15) is 14.3 Å². The number of oxime groups is 1. The van der Waals surface area contributed by atoms with Crippen LogP contribution in [0, 0.1) is 25.1 Å². The van der Waals surface area contributed by atoms with Gasteiger partial charge >= 0.3 is 0 Å². The number of rotatable bonds is 4. The molecule has 1 aromatic heterocycles. The van der Waals surface area contributed by atoms with Gasteiger partial charge in [0, 0.05) is 18.0 Å². The van der Waals surface area contributed by atoms with Gasteiger partial charge in [-0.2, -0.15) is 5.10 Å². The monoisotopic (exact) mass is 365 g/mol. The van der Waals surface area contributed by atoms with Gasteiger partial charge < -0.3 is 9.94 Å². The summed E-state index contributed by atoms with van der Waals surface area (Å²) in [6, 6.07) is 9.49. The molecule has 0 unspecified atom stereocenters. The fourth-order valence-electron chi connectivity index (χ4n) is 2.81. The molecule has 136 valence electrons. The fraction of sp³-hybridized carbons (Fsp3) is 0.150. The van der Waals surface area contributed by atoms with Gasteiger partial charge in [-0.3, -0.25) is 4.79 Å². The van der Waals surface area contributed by atoms with E-state index in [1.165, 1.54) is 19.2 Å². The molecule has 3 rings (SSSR count). The zero-order chi connectivity index (χ0) is 19.6. The van der Waals surface area contributed by atoms with Crippen LogP contribution in [0.5, 0.6) is 5.75 Å². The van der Waals surface area contributed by atoms with Gasteiger partial charge in [-0.1, -0.05) is 35.3 Å². The molecule has 0 aliphatic carbocycles. The first kappa shape index (κ1) is 18.1. The van der Waals surface area contributed by atoms with E-state index in [0.717, 1.165) is 4.68 Å². The molecule has 0 bridgehead atoms. The summed E-state index contributed by atoms with van der Waals surface area (Å²) in [6.45, 7) is 1.43. The summed E-state index contributed by atoms with van der Waals surface area (Å²) in [5.41, 5.74) is 0.0311.